The summed E-state index contributed by atoms with van der Waals surface area (Å²) >= 11 is 2.88. The number of aromatic nitrogens is 2. The fraction of sp³-hybridized carbons (Fsp3) is 0.350. The molecule has 2 aromatic heterocycles. The van der Waals surface area contributed by atoms with Crippen molar-refractivity contribution in [2.75, 3.05) is 0 Å². The van der Waals surface area contributed by atoms with Crippen molar-refractivity contribution in [3.8, 4) is 0 Å². The second-order valence-corrected chi connectivity index (χ2v) is 8.80. The van der Waals surface area contributed by atoms with E-state index in [-0.39, 0.29) is 5.56 Å². The fourth-order valence-corrected chi connectivity index (χ4v) is 6.03. The van der Waals surface area contributed by atoms with Crippen molar-refractivity contribution in [2.24, 2.45) is 5.73 Å². The molecule has 7 heteroatoms. The van der Waals surface area contributed by atoms with Crippen LogP contribution in [0.5, 0.6) is 0 Å². The minimum absolute atomic E-state index is 0.000632. The normalized spacial score (nSPS) is 14.9. The van der Waals surface area contributed by atoms with Crippen LogP contribution in [0.2, 0.25) is 0 Å². The molecule has 5 nitrogen and oxygen atoms in total. The molecule has 1 aliphatic rings. The van der Waals surface area contributed by atoms with Gasteiger partial charge in [0, 0.05) is 11.4 Å². The molecule has 0 radical (unpaired) electrons. The fourth-order valence-electron chi connectivity index (χ4n) is 3.61. The van der Waals surface area contributed by atoms with Crippen LogP contribution in [0.4, 0.5) is 0 Å². The molecule has 1 aromatic carbocycles. The molecule has 0 saturated heterocycles. The van der Waals surface area contributed by atoms with Crippen LogP contribution in [-0.2, 0) is 24.2 Å². The van der Waals surface area contributed by atoms with Crippen molar-refractivity contribution < 1.29 is 4.79 Å². The summed E-state index contributed by atoms with van der Waals surface area (Å²) in [5.74, 6) is -0.436. The highest BCUT2D eigenvalue weighted by Crippen LogP contribution is 2.37. The molecule has 27 heavy (non-hydrogen) atoms. The van der Waals surface area contributed by atoms with Gasteiger partial charge in [-0.25, -0.2) is 4.98 Å². The number of amides is 1. The van der Waals surface area contributed by atoms with E-state index in [2.05, 4.69) is 0 Å². The highest BCUT2D eigenvalue weighted by Gasteiger charge is 2.25. The Morgan fingerprint density at radius 2 is 2.04 bits per heavy atom. The Labute approximate surface area is 165 Å². The van der Waals surface area contributed by atoms with Gasteiger partial charge in [-0.3, -0.25) is 14.2 Å². The Balaban J connectivity index is 1.83. The smallest absolute Gasteiger partial charge is 0.263 e. The van der Waals surface area contributed by atoms with Crippen LogP contribution in [-0.4, -0.2) is 15.5 Å². The molecular formula is C20H21N3O2S2. The van der Waals surface area contributed by atoms with Crippen molar-refractivity contribution >= 4 is 39.2 Å². The van der Waals surface area contributed by atoms with E-state index in [4.69, 9.17) is 10.7 Å². The Morgan fingerprint density at radius 1 is 1.30 bits per heavy atom. The van der Waals surface area contributed by atoms with Crippen LogP contribution < -0.4 is 11.3 Å². The second-order valence-electron chi connectivity index (χ2n) is 6.65. The first kappa shape index (κ1) is 18.3. The van der Waals surface area contributed by atoms with E-state index >= 15 is 0 Å². The van der Waals surface area contributed by atoms with Gasteiger partial charge in [0.15, 0.2) is 5.16 Å². The maximum atomic E-state index is 13.2. The quantitative estimate of drug-likeness (QED) is 0.524. The lowest BCUT2D eigenvalue weighted by Crippen LogP contribution is -2.25. The van der Waals surface area contributed by atoms with Crippen LogP contribution in [0.25, 0.3) is 10.2 Å². The lowest BCUT2D eigenvalue weighted by atomic mass is 9.97. The number of hydrogen-bond donors (Lipinski definition) is 1. The molecule has 0 aliphatic heterocycles. The van der Waals surface area contributed by atoms with Crippen LogP contribution >= 0.6 is 23.1 Å². The standard InChI is InChI=1S/C20H21N3O2S2/c1-2-23-19(25)15-13-10-6-7-11-14(13)26-18(15)22-20(23)27-16(17(21)24)12-8-4-3-5-9-12/h3-5,8-9,16H,2,6-7,10-11H2,1H3,(H2,21,24). The first-order valence-electron chi connectivity index (χ1n) is 9.16. The maximum absolute atomic E-state index is 13.2. The summed E-state index contributed by atoms with van der Waals surface area (Å²) in [4.78, 5) is 32.2. The summed E-state index contributed by atoms with van der Waals surface area (Å²) in [7, 11) is 0. The van der Waals surface area contributed by atoms with E-state index < -0.39 is 11.2 Å². The van der Waals surface area contributed by atoms with Gasteiger partial charge in [-0.15, -0.1) is 11.3 Å². The van der Waals surface area contributed by atoms with Gasteiger partial charge in [-0.2, -0.15) is 0 Å². The van der Waals surface area contributed by atoms with Gasteiger partial charge in [0.1, 0.15) is 10.1 Å². The average molecular weight is 400 g/mol. The van der Waals surface area contributed by atoms with Gasteiger partial charge >= 0.3 is 0 Å². The molecule has 1 amide bonds. The molecule has 0 bridgehead atoms. The highest BCUT2D eigenvalue weighted by molar-refractivity contribution is 8.00. The molecule has 1 unspecified atom stereocenters. The van der Waals surface area contributed by atoms with Crippen molar-refractivity contribution in [1.82, 2.24) is 9.55 Å². The minimum Gasteiger partial charge on any atom is -0.368 e. The van der Waals surface area contributed by atoms with Gasteiger partial charge in [0.25, 0.3) is 5.56 Å². The van der Waals surface area contributed by atoms with Crippen LogP contribution in [0.15, 0.2) is 40.3 Å². The zero-order valence-corrected chi connectivity index (χ0v) is 16.7. The molecule has 140 valence electrons. The van der Waals surface area contributed by atoms with E-state index in [1.165, 1.54) is 28.6 Å². The number of nitrogens with two attached hydrogens (primary N) is 1. The van der Waals surface area contributed by atoms with Crippen LogP contribution in [0.1, 0.15) is 41.0 Å². The number of carbonyl (C=O) groups excluding carboxylic acids is 1. The predicted octanol–water partition coefficient (Wildman–Crippen LogP) is 3.68. The molecule has 4 rings (SSSR count). The minimum atomic E-state index is -0.581. The Morgan fingerprint density at radius 3 is 2.74 bits per heavy atom. The van der Waals surface area contributed by atoms with Gasteiger partial charge in [-0.05, 0) is 43.7 Å². The summed E-state index contributed by atoms with van der Waals surface area (Å²) in [6, 6.07) is 9.40. The van der Waals surface area contributed by atoms with Crippen LogP contribution in [0, 0.1) is 0 Å². The Bertz CT molecular complexity index is 1060. The highest BCUT2D eigenvalue weighted by atomic mass is 32.2. The van der Waals surface area contributed by atoms with Gasteiger partial charge in [-0.1, -0.05) is 42.1 Å². The van der Waals surface area contributed by atoms with Gasteiger partial charge in [0.2, 0.25) is 5.91 Å². The third kappa shape index (κ3) is 3.30. The first-order chi connectivity index (χ1) is 13.1. The third-order valence-electron chi connectivity index (χ3n) is 4.94. The number of primary amides is 1. The Kier molecular flexibility index (Phi) is 5.06. The SMILES string of the molecule is CCn1c(SC(C(N)=O)c2ccccc2)nc2sc3c(c2c1=O)CCCC3. The molecule has 1 atom stereocenters. The molecule has 2 heterocycles. The largest absolute Gasteiger partial charge is 0.368 e. The van der Waals surface area contributed by atoms with E-state index in [1.54, 1.807) is 15.9 Å². The van der Waals surface area contributed by atoms with Crippen molar-refractivity contribution in [1.29, 1.82) is 0 Å². The Hall–Kier alpha value is -2.12. The number of nitrogens with zero attached hydrogens (tertiary/aromatic N) is 2. The number of fused-ring (bicyclic) bond motifs is 3. The first-order valence-corrected chi connectivity index (χ1v) is 10.9. The number of benzene rings is 1. The molecule has 2 N–H and O–H groups in total. The maximum Gasteiger partial charge on any atom is 0.263 e. The number of rotatable bonds is 5. The zero-order chi connectivity index (χ0) is 19.0. The summed E-state index contributed by atoms with van der Waals surface area (Å²) in [5.41, 5.74) is 7.67. The molecule has 0 spiro atoms. The van der Waals surface area contributed by atoms with E-state index in [1.807, 2.05) is 37.3 Å². The molecule has 0 saturated carbocycles. The van der Waals surface area contributed by atoms with Gasteiger partial charge < -0.3 is 5.73 Å². The number of hydrogen-bond acceptors (Lipinski definition) is 5. The van der Waals surface area contributed by atoms with Crippen molar-refractivity contribution in [2.45, 2.75) is 49.6 Å². The number of thiophene rings is 1. The lowest BCUT2D eigenvalue weighted by Gasteiger charge is -2.16. The summed E-state index contributed by atoms with van der Waals surface area (Å²) in [5, 5.41) is 0.750. The average Bonchev–Trinajstić information content (AvgIpc) is 3.05. The van der Waals surface area contributed by atoms with E-state index in [0.717, 1.165) is 35.0 Å². The second kappa shape index (κ2) is 7.48. The number of thioether (sulfide) groups is 1. The van der Waals surface area contributed by atoms with Crippen LogP contribution in [0.3, 0.4) is 0 Å². The number of carbonyl (C=O) groups is 1. The molecule has 0 fully saturated rings. The van der Waals surface area contributed by atoms with Crippen molar-refractivity contribution in [3.05, 3.63) is 56.7 Å². The topological polar surface area (TPSA) is 78.0 Å². The third-order valence-corrected chi connectivity index (χ3v) is 7.39. The van der Waals surface area contributed by atoms with Crippen molar-refractivity contribution in [3.63, 3.8) is 0 Å². The molecule has 3 aromatic rings. The zero-order valence-electron chi connectivity index (χ0n) is 15.1. The van der Waals surface area contributed by atoms with E-state index in [9.17, 15) is 9.59 Å². The monoisotopic (exact) mass is 399 g/mol. The predicted molar refractivity (Wildman–Crippen MR) is 110 cm³/mol. The molecular weight excluding hydrogens is 378 g/mol. The molecule has 1 aliphatic carbocycles. The summed E-state index contributed by atoms with van der Waals surface area (Å²) < 4.78 is 1.67. The summed E-state index contributed by atoms with van der Waals surface area (Å²) in [6.07, 6.45) is 4.27. The lowest BCUT2D eigenvalue weighted by molar-refractivity contribution is -0.117. The summed E-state index contributed by atoms with van der Waals surface area (Å²) in [6.45, 7) is 2.44. The number of aryl methyl sites for hydroxylation is 2. The van der Waals surface area contributed by atoms with E-state index in [0.29, 0.717) is 11.7 Å². The van der Waals surface area contributed by atoms with Gasteiger partial charge in [0.05, 0.1) is 5.39 Å².